The van der Waals surface area contributed by atoms with E-state index in [2.05, 4.69) is 20.3 Å². The van der Waals surface area contributed by atoms with E-state index in [1.54, 1.807) is 0 Å². The lowest BCUT2D eigenvalue weighted by molar-refractivity contribution is -0.141. The van der Waals surface area contributed by atoms with E-state index in [0.717, 1.165) is 12.3 Å². The van der Waals surface area contributed by atoms with Crippen molar-refractivity contribution >= 4 is 11.8 Å². The molecule has 11 heteroatoms. The molecule has 6 nitrogen and oxygen atoms in total. The third kappa shape index (κ3) is 4.05. The van der Waals surface area contributed by atoms with Crippen LogP contribution in [-0.2, 0) is 12.7 Å². The number of nitrogens with zero attached hydrogens (tertiary/aromatic N) is 5. The Kier molecular flexibility index (Phi) is 4.66. The Bertz CT molecular complexity index is 666. The van der Waals surface area contributed by atoms with Crippen molar-refractivity contribution in [1.82, 2.24) is 19.5 Å². The Labute approximate surface area is 128 Å². The summed E-state index contributed by atoms with van der Waals surface area (Å²) in [6.45, 7) is -3.04. The maximum atomic E-state index is 12.8. The normalized spacial score (nSPS) is 11.8. The molecular weight excluding hydrogens is 323 g/mol. The van der Waals surface area contributed by atoms with Crippen LogP contribution in [0.15, 0.2) is 18.5 Å². The number of aromatic nitrogens is 4. The summed E-state index contributed by atoms with van der Waals surface area (Å²) >= 11 is 0. The largest absolute Gasteiger partial charge is 0.433 e. The zero-order valence-corrected chi connectivity index (χ0v) is 12.1. The Morgan fingerprint density at radius 2 is 1.96 bits per heavy atom. The molecule has 0 saturated heterocycles. The molecule has 0 aliphatic heterocycles. The van der Waals surface area contributed by atoms with Crippen LogP contribution in [0.25, 0.3) is 0 Å². The van der Waals surface area contributed by atoms with Gasteiger partial charge in [0.05, 0.1) is 6.54 Å². The highest BCUT2D eigenvalue weighted by atomic mass is 19.4. The Hall–Kier alpha value is -2.46. The van der Waals surface area contributed by atoms with Crippen LogP contribution >= 0.6 is 0 Å². The highest BCUT2D eigenvalue weighted by Crippen LogP contribution is 2.30. The van der Waals surface area contributed by atoms with Gasteiger partial charge in [0.15, 0.2) is 5.69 Å². The molecule has 0 spiro atoms. The van der Waals surface area contributed by atoms with Crippen LogP contribution in [0.5, 0.6) is 0 Å². The number of anilines is 2. The van der Waals surface area contributed by atoms with E-state index in [1.165, 1.54) is 25.2 Å². The van der Waals surface area contributed by atoms with Crippen molar-refractivity contribution in [1.29, 1.82) is 0 Å². The summed E-state index contributed by atoms with van der Waals surface area (Å²) in [5, 5.41) is 2.48. The van der Waals surface area contributed by atoms with Crippen molar-refractivity contribution in [3.8, 4) is 0 Å². The average molecular weight is 336 g/mol. The van der Waals surface area contributed by atoms with Gasteiger partial charge in [-0.1, -0.05) is 0 Å². The first-order chi connectivity index (χ1) is 10.7. The number of rotatable bonds is 5. The predicted octanol–water partition coefficient (Wildman–Crippen LogP) is 2.77. The maximum absolute atomic E-state index is 12.8. The predicted molar refractivity (Wildman–Crippen MR) is 72.2 cm³/mol. The van der Waals surface area contributed by atoms with Crippen LogP contribution in [0.2, 0.25) is 0 Å². The summed E-state index contributed by atoms with van der Waals surface area (Å²) in [5.74, 6) is -0.341. The lowest BCUT2D eigenvalue weighted by Crippen LogP contribution is -2.18. The van der Waals surface area contributed by atoms with Gasteiger partial charge in [-0.05, 0) is 0 Å². The molecule has 0 aliphatic carbocycles. The summed E-state index contributed by atoms with van der Waals surface area (Å²) in [6, 6.07) is 0.797. The van der Waals surface area contributed by atoms with Crippen molar-refractivity contribution < 1.29 is 22.0 Å². The van der Waals surface area contributed by atoms with E-state index in [-0.39, 0.29) is 24.1 Å². The number of hydrogen-bond acceptors (Lipinski definition) is 5. The fourth-order valence-corrected chi connectivity index (χ4v) is 1.70. The van der Waals surface area contributed by atoms with Crippen LogP contribution in [-0.4, -0.2) is 33.6 Å². The van der Waals surface area contributed by atoms with Crippen LogP contribution in [0.4, 0.5) is 33.7 Å². The maximum Gasteiger partial charge on any atom is 0.433 e. The second-order valence-corrected chi connectivity index (χ2v) is 4.71. The summed E-state index contributed by atoms with van der Waals surface area (Å²) in [6.07, 6.45) is -2.41. The van der Waals surface area contributed by atoms with Crippen molar-refractivity contribution in [2.45, 2.75) is 19.3 Å². The minimum Gasteiger partial charge on any atom is -0.363 e. The molecule has 0 aliphatic rings. The van der Waals surface area contributed by atoms with Gasteiger partial charge < -0.3 is 10.2 Å². The molecule has 0 saturated carbocycles. The third-order valence-corrected chi connectivity index (χ3v) is 2.83. The van der Waals surface area contributed by atoms with E-state index < -0.39 is 18.4 Å². The molecule has 0 unspecified atom stereocenters. The lowest BCUT2D eigenvalue weighted by atomic mass is 10.3. The SMILES string of the molecule is CN(C)c1cc(C(F)(F)F)nc(NCc2nccn2C(F)F)n1. The van der Waals surface area contributed by atoms with E-state index >= 15 is 0 Å². The smallest absolute Gasteiger partial charge is 0.363 e. The van der Waals surface area contributed by atoms with Crippen molar-refractivity contribution in [2.24, 2.45) is 0 Å². The molecule has 0 bridgehead atoms. The molecule has 2 aromatic rings. The Morgan fingerprint density at radius 3 is 2.52 bits per heavy atom. The number of hydrogen-bond donors (Lipinski definition) is 1. The van der Waals surface area contributed by atoms with Gasteiger partial charge in [-0.2, -0.15) is 26.9 Å². The van der Waals surface area contributed by atoms with Gasteiger partial charge in [0, 0.05) is 32.6 Å². The minimum atomic E-state index is -4.65. The van der Waals surface area contributed by atoms with Gasteiger partial charge >= 0.3 is 12.7 Å². The molecule has 0 radical (unpaired) electrons. The van der Waals surface area contributed by atoms with Crippen LogP contribution < -0.4 is 10.2 Å². The standard InChI is InChI=1S/C12H13F5N6/c1-22(2)8-5-7(12(15,16)17)20-11(21-8)19-6-9-18-3-4-23(9)10(13)14/h3-5,10H,6H2,1-2H3,(H,19,20,21). The monoisotopic (exact) mass is 336 g/mol. The molecule has 126 valence electrons. The van der Waals surface area contributed by atoms with E-state index in [9.17, 15) is 22.0 Å². The van der Waals surface area contributed by atoms with Crippen LogP contribution in [0.1, 0.15) is 18.1 Å². The summed E-state index contributed by atoms with van der Waals surface area (Å²) in [7, 11) is 3.05. The van der Waals surface area contributed by atoms with Gasteiger partial charge in [-0.3, -0.25) is 4.57 Å². The molecule has 0 atom stereocenters. The van der Waals surface area contributed by atoms with E-state index in [1.807, 2.05) is 0 Å². The minimum absolute atomic E-state index is 0.0343. The van der Waals surface area contributed by atoms with Gasteiger partial charge in [-0.15, -0.1) is 0 Å². The summed E-state index contributed by atoms with van der Waals surface area (Å²) < 4.78 is 64.5. The van der Waals surface area contributed by atoms with Gasteiger partial charge in [0.25, 0.3) is 0 Å². The van der Waals surface area contributed by atoms with Gasteiger partial charge in [0.1, 0.15) is 11.6 Å². The van der Waals surface area contributed by atoms with Gasteiger partial charge in [-0.25, -0.2) is 9.97 Å². The van der Waals surface area contributed by atoms with Gasteiger partial charge in [0.2, 0.25) is 5.95 Å². The third-order valence-electron chi connectivity index (χ3n) is 2.83. The molecule has 2 rings (SSSR count). The van der Waals surface area contributed by atoms with Crippen LogP contribution in [0.3, 0.4) is 0 Å². The molecule has 0 amide bonds. The Balaban J connectivity index is 2.25. The molecule has 1 N–H and O–H groups in total. The number of halogens is 5. The number of nitrogens with one attached hydrogen (secondary N) is 1. The highest BCUT2D eigenvalue weighted by molar-refractivity contribution is 5.44. The quantitative estimate of drug-likeness (QED) is 0.851. The first kappa shape index (κ1) is 16.9. The van der Waals surface area contributed by atoms with Crippen molar-refractivity contribution in [2.75, 3.05) is 24.3 Å². The molecular formula is C12H13F5N6. The van der Waals surface area contributed by atoms with Crippen LogP contribution in [0, 0.1) is 0 Å². The second-order valence-electron chi connectivity index (χ2n) is 4.71. The average Bonchev–Trinajstić information content (AvgIpc) is 2.92. The molecule has 23 heavy (non-hydrogen) atoms. The number of imidazole rings is 1. The Morgan fingerprint density at radius 1 is 1.26 bits per heavy atom. The number of alkyl halides is 5. The first-order valence-corrected chi connectivity index (χ1v) is 6.36. The molecule has 2 heterocycles. The summed E-state index contributed by atoms with van der Waals surface area (Å²) in [4.78, 5) is 12.4. The fourth-order valence-electron chi connectivity index (χ4n) is 1.70. The molecule has 2 aromatic heterocycles. The topological polar surface area (TPSA) is 58.9 Å². The highest BCUT2D eigenvalue weighted by Gasteiger charge is 2.34. The van der Waals surface area contributed by atoms with Crippen molar-refractivity contribution in [3.63, 3.8) is 0 Å². The second kappa shape index (κ2) is 6.34. The fraction of sp³-hybridized carbons (Fsp3) is 0.417. The lowest BCUT2D eigenvalue weighted by Gasteiger charge is -2.16. The van der Waals surface area contributed by atoms with E-state index in [4.69, 9.17) is 0 Å². The summed E-state index contributed by atoms with van der Waals surface area (Å²) in [5.41, 5.74) is -1.13. The molecule has 0 aromatic carbocycles. The first-order valence-electron chi connectivity index (χ1n) is 6.36. The van der Waals surface area contributed by atoms with Crippen molar-refractivity contribution in [3.05, 3.63) is 30.0 Å². The van der Waals surface area contributed by atoms with E-state index in [0.29, 0.717) is 4.57 Å². The zero-order valence-electron chi connectivity index (χ0n) is 12.1. The zero-order chi connectivity index (χ0) is 17.2. The molecule has 0 fully saturated rings.